The number of thioether (sulfide) groups is 1. The number of carbonyl (C=O) groups is 1. The second-order valence-corrected chi connectivity index (χ2v) is 10.1. The third kappa shape index (κ3) is 4.38. The summed E-state index contributed by atoms with van der Waals surface area (Å²) in [4.78, 5) is 15.2. The van der Waals surface area contributed by atoms with Crippen LogP contribution in [0.15, 0.2) is 60.8 Å². The third-order valence-electron chi connectivity index (χ3n) is 6.28. The Morgan fingerprint density at radius 1 is 1.12 bits per heavy atom. The van der Waals surface area contributed by atoms with Gasteiger partial charge in [0.2, 0.25) is 0 Å². The molecule has 3 atom stereocenters. The lowest BCUT2D eigenvalue weighted by atomic mass is 9.96. The average Bonchev–Trinajstić information content (AvgIpc) is 3.27. The summed E-state index contributed by atoms with van der Waals surface area (Å²) < 4.78 is 42.8. The molecule has 1 fully saturated rings. The Morgan fingerprint density at radius 2 is 1.85 bits per heavy atom. The molecule has 0 spiro atoms. The fourth-order valence-corrected chi connectivity index (χ4v) is 6.16. The van der Waals surface area contributed by atoms with Gasteiger partial charge < -0.3 is 10.2 Å². The lowest BCUT2D eigenvalue weighted by Crippen LogP contribution is -2.40. The van der Waals surface area contributed by atoms with Crippen LogP contribution in [0, 0.1) is 0 Å². The smallest absolute Gasteiger partial charge is 0.363 e. The van der Waals surface area contributed by atoms with Crippen molar-refractivity contribution in [2.45, 2.75) is 29.9 Å². The van der Waals surface area contributed by atoms with Crippen molar-refractivity contribution in [3.05, 3.63) is 82.5 Å². The van der Waals surface area contributed by atoms with Crippen LogP contribution in [-0.4, -0.2) is 45.6 Å². The number of carbonyl (C=O) groups excluding carboxylic acids is 1. The molecule has 10 heteroatoms. The largest absolute Gasteiger partial charge is 0.410 e. The first kappa shape index (κ1) is 23.1. The molecule has 3 heterocycles. The van der Waals surface area contributed by atoms with Crippen LogP contribution in [0.4, 0.5) is 19.0 Å². The zero-order chi connectivity index (χ0) is 23.9. The van der Waals surface area contributed by atoms with Crippen molar-refractivity contribution in [3.8, 4) is 0 Å². The SMILES string of the molecule is O=C(c1cnn2c1NC(c1ccccc1)C[C@H]2C(F)(F)F)N1CCSC(c2ccccc2Cl)C1. The molecule has 0 radical (unpaired) electrons. The summed E-state index contributed by atoms with van der Waals surface area (Å²) >= 11 is 8.08. The number of alkyl halides is 3. The number of halogens is 4. The summed E-state index contributed by atoms with van der Waals surface area (Å²) in [5.74, 6) is 0.483. The maximum absolute atomic E-state index is 14.0. The molecule has 2 aliphatic rings. The van der Waals surface area contributed by atoms with Gasteiger partial charge in [0.15, 0.2) is 6.04 Å². The van der Waals surface area contributed by atoms with E-state index in [1.165, 1.54) is 6.20 Å². The summed E-state index contributed by atoms with van der Waals surface area (Å²) in [6.45, 7) is 0.919. The first-order valence-corrected chi connectivity index (χ1v) is 12.4. The maximum Gasteiger partial charge on any atom is 0.410 e. The van der Waals surface area contributed by atoms with E-state index >= 15 is 0 Å². The lowest BCUT2D eigenvalue weighted by Gasteiger charge is -2.35. The first-order chi connectivity index (χ1) is 16.3. The summed E-state index contributed by atoms with van der Waals surface area (Å²) in [5, 5.41) is 7.79. The number of rotatable bonds is 3. The molecule has 5 rings (SSSR count). The van der Waals surface area contributed by atoms with Crippen LogP contribution in [0.2, 0.25) is 5.02 Å². The van der Waals surface area contributed by atoms with Gasteiger partial charge in [-0.1, -0.05) is 60.1 Å². The van der Waals surface area contributed by atoms with Gasteiger partial charge in [0.1, 0.15) is 11.4 Å². The second kappa shape index (κ2) is 9.19. The molecule has 0 aliphatic carbocycles. The summed E-state index contributed by atoms with van der Waals surface area (Å²) in [7, 11) is 0. The quantitative estimate of drug-likeness (QED) is 0.464. The molecule has 1 aromatic heterocycles. The Bertz CT molecular complexity index is 1190. The molecule has 2 aliphatic heterocycles. The standard InChI is InChI=1S/C24H22ClF3N4OS/c25-18-9-5-4-8-16(18)20-14-31(10-11-34-20)23(33)17-13-29-32-21(24(26,27)28)12-19(30-22(17)32)15-6-2-1-3-7-15/h1-9,13,19-21,30H,10-12,14H2/t19?,20?,21-/m0/s1. The van der Waals surface area contributed by atoms with Gasteiger partial charge in [0.05, 0.1) is 12.2 Å². The first-order valence-electron chi connectivity index (χ1n) is 10.9. The van der Waals surface area contributed by atoms with Crippen molar-refractivity contribution in [2.75, 3.05) is 24.2 Å². The molecule has 34 heavy (non-hydrogen) atoms. The lowest BCUT2D eigenvalue weighted by molar-refractivity contribution is -0.173. The van der Waals surface area contributed by atoms with Gasteiger partial charge >= 0.3 is 6.18 Å². The number of anilines is 1. The number of nitrogens with one attached hydrogen (secondary N) is 1. The summed E-state index contributed by atoms with van der Waals surface area (Å²) in [6.07, 6.45) is -3.44. The molecular weight excluding hydrogens is 485 g/mol. The molecule has 3 aromatic rings. The summed E-state index contributed by atoms with van der Waals surface area (Å²) in [6, 6.07) is 14.1. The van der Waals surface area contributed by atoms with E-state index in [4.69, 9.17) is 11.6 Å². The Morgan fingerprint density at radius 3 is 2.59 bits per heavy atom. The molecule has 0 bridgehead atoms. The van der Waals surface area contributed by atoms with E-state index < -0.39 is 18.3 Å². The van der Waals surface area contributed by atoms with Gasteiger partial charge in [-0.3, -0.25) is 4.79 Å². The van der Waals surface area contributed by atoms with Crippen molar-refractivity contribution in [1.82, 2.24) is 14.7 Å². The van der Waals surface area contributed by atoms with Gasteiger partial charge in [-0.05, 0) is 17.2 Å². The van der Waals surface area contributed by atoms with E-state index in [1.54, 1.807) is 40.9 Å². The summed E-state index contributed by atoms with van der Waals surface area (Å²) in [5.41, 5.74) is 1.83. The molecule has 5 nitrogen and oxygen atoms in total. The van der Waals surface area contributed by atoms with Crippen LogP contribution < -0.4 is 5.32 Å². The number of benzene rings is 2. The van der Waals surface area contributed by atoms with E-state index in [2.05, 4.69) is 10.4 Å². The van der Waals surface area contributed by atoms with Crippen LogP contribution in [0.1, 0.15) is 45.2 Å². The van der Waals surface area contributed by atoms with Crippen LogP contribution in [0.25, 0.3) is 0 Å². The van der Waals surface area contributed by atoms with E-state index in [1.807, 2.05) is 30.3 Å². The number of nitrogens with zero attached hydrogens (tertiary/aromatic N) is 3. The molecule has 178 valence electrons. The topological polar surface area (TPSA) is 50.2 Å². The van der Waals surface area contributed by atoms with Crippen molar-refractivity contribution in [2.24, 2.45) is 0 Å². The van der Waals surface area contributed by atoms with E-state index in [-0.39, 0.29) is 29.0 Å². The third-order valence-corrected chi connectivity index (χ3v) is 7.84. The van der Waals surface area contributed by atoms with Crippen molar-refractivity contribution >= 4 is 35.1 Å². The van der Waals surface area contributed by atoms with Gasteiger partial charge in [0, 0.05) is 35.5 Å². The van der Waals surface area contributed by atoms with E-state index in [0.29, 0.717) is 23.9 Å². The predicted molar refractivity (Wildman–Crippen MR) is 127 cm³/mol. The van der Waals surface area contributed by atoms with Crippen LogP contribution in [0.5, 0.6) is 0 Å². The Labute approximate surface area is 204 Å². The van der Waals surface area contributed by atoms with Gasteiger partial charge in [-0.15, -0.1) is 0 Å². The molecule has 2 unspecified atom stereocenters. The molecule has 1 saturated heterocycles. The zero-order valence-corrected chi connectivity index (χ0v) is 19.6. The molecule has 1 amide bonds. The van der Waals surface area contributed by atoms with Crippen molar-refractivity contribution in [3.63, 3.8) is 0 Å². The van der Waals surface area contributed by atoms with Gasteiger partial charge in [-0.25, -0.2) is 4.68 Å². The second-order valence-electron chi connectivity index (χ2n) is 8.38. The minimum atomic E-state index is -4.49. The Balaban J connectivity index is 1.45. The molecule has 1 N–H and O–H groups in total. The van der Waals surface area contributed by atoms with Crippen LogP contribution in [-0.2, 0) is 0 Å². The number of aromatic nitrogens is 2. The van der Waals surface area contributed by atoms with Gasteiger partial charge in [0.25, 0.3) is 5.91 Å². The maximum atomic E-state index is 14.0. The fraction of sp³-hybridized carbons (Fsp3) is 0.333. The highest BCUT2D eigenvalue weighted by Gasteiger charge is 2.47. The molecule has 2 aromatic carbocycles. The Kier molecular flexibility index (Phi) is 6.24. The predicted octanol–water partition coefficient (Wildman–Crippen LogP) is 6.13. The minimum Gasteiger partial charge on any atom is -0.363 e. The minimum absolute atomic E-state index is 0.00856. The van der Waals surface area contributed by atoms with Crippen LogP contribution in [0.3, 0.4) is 0 Å². The zero-order valence-electron chi connectivity index (χ0n) is 18.0. The van der Waals surface area contributed by atoms with Crippen molar-refractivity contribution in [1.29, 1.82) is 0 Å². The Hall–Kier alpha value is -2.65. The van der Waals surface area contributed by atoms with E-state index in [0.717, 1.165) is 15.8 Å². The van der Waals surface area contributed by atoms with Crippen molar-refractivity contribution < 1.29 is 18.0 Å². The highest BCUT2D eigenvalue weighted by molar-refractivity contribution is 7.99. The molecular formula is C24H22ClF3N4OS. The number of fused-ring (bicyclic) bond motifs is 1. The van der Waals surface area contributed by atoms with Gasteiger partial charge in [-0.2, -0.15) is 30.0 Å². The number of hydrogen-bond acceptors (Lipinski definition) is 4. The fourth-order valence-electron chi connectivity index (χ4n) is 4.55. The highest BCUT2D eigenvalue weighted by atomic mass is 35.5. The number of hydrogen-bond donors (Lipinski definition) is 1. The molecule has 0 saturated carbocycles. The number of amides is 1. The monoisotopic (exact) mass is 506 g/mol. The highest BCUT2D eigenvalue weighted by Crippen LogP contribution is 2.45. The van der Waals surface area contributed by atoms with E-state index in [9.17, 15) is 18.0 Å². The average molecular weight is 507 g/mol. The normalized spacial score (nSPS) is 22.7. The van der Waals surface area contributed by atoms with Crippen LogP contribution >= 0.6 is 23.4 Å².